The first-order chi connectivity index (χ1) is 6.90. The lowest BCUT2D eigenvalue weighted by atomic mass is 9.91. The summed E-state index contributed by atoms with van der Waals surface area (Å²) in [5.74, 6) is 0.622. The van der Waals surface area contributed by atoms with E-state index in [0.717, 1.165) is 31.6 Å². The van der Waals surface area contributed by atoms with Crippen LogP contribution in [-0.4, -0.2) is 13.2 Å². The van der Waals surface area contributed by atoms with Gasteiger partial charge in [-0.1, -0.05) is 12.1 Å². The smallest absolute Gasteiger partial charge is 0.0991 e. The Hall–Kier alpha value is -1.33. The molecule has 1 aliphatic heterocycles. The second kappa shape index (κ2) is 4.26. The summed E-state index contributed by atoms with van der Waals surface area (Å²) in [4.78, 5) is 0. The summed E-state index contributed by atoms with van der Waals surface area (Å²) in [7, 11) is 0. The molecular weight excluding hydrogens is 174 g/mol. The van der Waals surface area contributed by atoms with E-state index in [2.05, 4.69) is 18.2 Å². The van der Waals surface area contributed by atoms with Crippen molar-refractivity contribution in [3.63, 3.8) is 0 Å². The van der Waals surface area contributed by atoms with Gasteiger partial charge < -0.3 is 4.74 Å². The van der Waals surface area contributed by atoms with Crippen molar-refractivity contribution >= 4 is 0 Å². The molecule has 2 rings (SSSR count). The standard InChI is InChI=1S/C12H13NO/c13-9-10-1-3-11(4-2-10)12-5-7-14-8-6-12/h1-4,12H,5-8H2. The first-order valence-corrected chi connectivity index (χ1v) is 4.98. The molecule has 72 valence electrons. The molecular formula is C12H13NO. The van der Waals surface area contributed by atoms with Crippen molar-refractivity contribution in [3.05, 3.63) is 35.4 Å². The zero-order valence-corrected chi connectivity index (χ0v) is 8.07. The van der Waals surface area contributed by atoms with Gasteiger partial charge in [0.25, 0.3) is 0 Å². The van der Waals surface area contributed by atoms with Crippen LogP contribution in [0.25, 0.3) is 0 Å². The lowest BCUT2D eigenvalue weighted by molar-refractivity contribution is 0.0853. The van der Waals surface area contributed by atoms with E-state index in [1.807, 2.05) is 12.1 Å². The molecule has 1 saturated heterocycles. The molecule has 0 spiro atoms. The summed E-state index contributed by atoms with van der Waals surface area (Å²) >= 11 is 0. The maximum Gasteiger partial charge on any atom is 0.0991 e. The van der Waals surface area contributed by atoms with Gasteiger partial charge in [-0.15, -0.1) is 0 Å². The number of rotatable bonds is 1. The molecule has 1 aromatic rings. The predicted molar refractivity (Wildman–Crippen MR) is 54.0 cm³/mol. The van der Waals surface area contributed by atoms with Gasteiger partial charge in [-0.25, -0.2) is 0 Å². The average Bonchev–Trinajstić information content (AvgIpc) is 2.30. The Morgan fingerprint density at radius 1 is 1.14 bits per heavy atom. The molecule has 1 aliphatic rings. The Balaban J connectivity index is 2.12. The van der Waals surface area contributed by atoms with E-state index in [1.165, 1.54) is 5.56 Å². The molecule has 0 N–H and O–H groups in total. The first-order valence-electron chi connectivity index (χ1n) is 4.98. The van der Waals surface area contributed by atoms with Crippen LogP contribution in [0.1, 0.15) is 29.9 Å². The van der Waals surface area contributed by atoms with E-state index < -0.39 is 0 Å². The van der Waals surface area contributed by atoms with Crippen LogP contribution in [-0.2, 0) is 4.74 Å². The highest BCUT2D eigenvalue weighted by atomic mass is 16.5. The summed E-state index contributed by atoms with van der Waals surface area (Å²) in [6.45, 7) is 1.73. The molecule has 0 bridgehead atoms. The minimum Gasteiger partial charge on any atom is -0.381 e. The van der Waals surface area contributed by atoms with Crippen LogP contribution in [0.4, 0.5) is 0 Å². The zero-order valence-electron chi connectivity index (χ0n) is 8.07. The molecule has 2 heteroatoms. The van der Waals surface area contributed by atoms with Gasteiger partial charge in [0.05, 0.1) is 11.6 Å². The van der Waals surface area contributed by atoms with Gasteiger partial charge >= 0.3 is 0 Å². The van der Waals surface area contributed by atoms with Crippen molar-refractivity contribution < 1.29 is 4.74 Å². The number of hydrogen-bond acceptors (Lipinski definition) is 2. The third kappa shape index (κ3) is 1.94. The summed E-state index contributed by atoms with van der Waals surface area (Å²) in [6.07, 6.45) is 2.21. The molecule has 0 aromatic heterocycles. The van der Waals surface area contributed by atoms with Crippen molar-refractivity contribution in [2.75, 3.05) is 13.2 Å². The van der Waals surface area contributed by atoms with Crippen molar-refractivity contribution in [3.8, 4) is 6.07 Å². The van der Waals surface area contributed by atoms with Gasteiger partial charge in [-0.2, -0.15) is 5.26 Å². The topological polar surface area (TPSA) is 33.0 Å². The fourth-order valence-electron chi connectivity index (χ4n) is 1.86. The Kier molecular flexibility index (Phi) is 2.81. The molecule has 1 fully saturated rings. The quantitative estimate of drug-likeness (QED) is 0.676. The molecule has 14 heavy (non-hydrogen) atoms. The lowest BCUT2D eigenvalue weighted by Gasteiger charge is -2.22. The van der Waals surface area contributed by atoms with E-state index in [0.29, 0.717) is 5.92 Å². The molecule has 0 unspecified atom stereocenters. The SMILES string of the molecule is N#Cc1ccc(C2CCOCC2)cc1. The molecule has 1 aromatic carbocycles. The fraction of sp³-hybridized carbons (Fsp3) is 0.417. The third-order valence-electron chi connectivity index (χ3n) is 2.73. The van der Waals surface area contributed by atoms with Gasteiger partial charge in [0.2, 0.25) is 0 Å². The van der Waals surface area contributed by atoms with Gasteiger partial charge in [0, 0.05) is 13.2 Å². The molecule has 0 atom stereocenters. The second-order valence-corrected chi connectivity index (χ2v) is 3.62. The number of hydrogen-bond donors (Lipinski definition) is 0. The Labute approximate surface area is 84.1 Å². The van der Waals surface area contributed by atoms with Crippen molar-refractivity contribution in [1.82, 2.24) is 0 Å². The number of ether oxygens (including phenoxy) is 1. The van der Waals surface area contributed by atoms with Gasteiger partial charge in [-0.3, -0.25) is 0 Å². The number of benzene rings is 1. The lowest BCUT2D eigenvalue weighted by Crippen LogP contribution is -2.13. The van der Waals surface area contributed by atoms with Gasteiger partial charge in [-0.05, 0) is 36.5 Å². The van der Waals surface area contributed by atoms with Crippen LogP contribution in [0, 0.1) is 11.3 Å². The highest BCUT2D eigenvalue weighted by molar-refractivity contribution is 5.33. The highest BCUT2D eigenvalue weighted by Crippen LogP contribution is 2.26. The minimum atomic E-state index is 0.622. The maximum absolute atomic E-state index is 8.67. The molecule has 2 nitrogen and oxygen atoms in total. The van der Waals surface area contributed by atoms with Crippen molar-refractivity contribution in [1.29, 1.82) is 5.26 Å². The fourth-order valence-corrected chi connectivity index (χ4v) is 1.86. The van der Waals surface area contributed by atoms with Gasteiger partial charge in [0.1, 0.15) is 0 Å². The van der Waals surface area contributed by atoms with Crippen molar-refractivity contribution in [2.24, 2.45) is 0 Å². The maximum atomic E-state index is 8.67. The van der Waals surface area contributed by atoms with E-state index in [-0.39, 0.29) is 0 Å². The van der Waals surface area contributed by atoms with E-state index in [4.69, 9.17) is 10.00 Å². The normalized spacial score (nSPS) is 17.6. The minimum absolute atomic E-state index is 0.622. The zero-order chi connectivity index (χ0) is 9.80. The molecule has 0 amide bonds. The molecule has 0 saturated carbocycles. The van der Waals surface area contributed by atoms with Crippen LogP contribution in [0.3, 0.4) is 0 Å². The largest absolute Gasteiger partial charge is 0.381 e. The number of nitriles is 1. The Morgan fingerprint density at radius 2 is 1.79 bits per heavy atom. The highest BCUT2D eigenvalue weighted by Gasteiger charge is 2.15. The molecule has 0 radical (unpaired) electrons. The second-order valence-electron chi connectivity index (χ2n) is 3.62. The number of nitrogens with zero attached hydrogens (tertiary/aromatic N) is 1. The first kappa shape index (κ1) is 9.23. The van der Waals surface area contributed by atoms with Crippen LogP contribution in [0.5, 0.6) is 0 Å². The van der Waals surface area contributed by atoms with Crippen LogP contribution < -0.4 is 0 Å². The van der Waals surface area contributed by atoms with Crippen LogP contribution in [0.15, 0.2) is 24.3 Å². The van der Waals surface area contributed by atoms with E-state index in [1.54, 1.807) is 0 Å². The Morgan fingerprint density at radius 3 is 2.36 bits per heavy atom. The molecule has 0 aliphatic carbocycles. The molecule has 1 heterocycles. The van der Waals surface area contributed by atoms with E-state index in [9.17, 15) is 0 Å². The van der Waals surface area contributed by atoms with Crippen LogP contribution in [0.2, 0.25) is 0 Å². The summed E-state index contributed by atoms with van der Waals surface area (Å²) in [6, 6.07) is 10.0. The van der Waals surface area contributed by atoms with Crippen molar-refractivity contribution in [2.45, 2.75) is 18.8 Å². The summed E-state index contributed by atoms with van der Waals surface area (Å²) < 4.78 is 5.31. The monoisotopic (exact) mass is 187 g/mol. The summed E-state index contributed by atoms with van der Waals surface area (Å²) in [5.41, 5.74) is 2.08. The van der Waals surface area contributed by atoms with E-state index >= 15 is 0 Å². The predicted octanol–water partition coefficient (Wildman–Crippen LogP) is 2.45. The van der Waals surface area contributed by atoms with Crippen LogP contribution >= 0.6 is 0 Å². The summed E-state index contributed by atoms with van der Waals surface area (Å²) in [5, 5.41) is 8.67. The van der Waals surface area contributed by atoms with Gasteiger partial charge in [0.15, 0.2) is 0 Å². The Bertz CT molecular complexity index is 330. The third-order valence-corrected chi connectivity index (χ3v) is 2.73. The average molecular weight is 187 g/mol.